The first-order valence-electron chi connectivity index (χ1n) is 9.98. The molecule has 2 aliphatic heterocycles. The van der Waals surface area contributed by atoms with Crippen LogP contribution in [0.2, 0.25) is 0 Å². The minimum atomic E-state index is -0.959. The second-order valence-electron chi connectivity index (χ2n) is 7.59. The number of hydrogen-bond acceptors (Lipinski definition) is 5. The van der Waals surface area contributed by atoms with Gasteiger partial charge in [-0.25, -0.2) is 4.39 Å². The molecule has 2 aromatic rings. The summed E-state index contributed by atoms with van der Waals surface area (Å²) in [7, 11) is 1.48. The second-order valence-corrected chi connectivity index (χ2v) is 7.59. The first-order valence-corrected chi connectivity index (χ1v) is 9.98. The molecule has 0 saturated heterocycles. The van der Waals surface area contributed by atoms with E-state index in [9.17, 15) is 19.1 Å². The van der Waals surface area contributed by atoms with Crippen LogP contribution in [0.4, 0.5) is 10.1 Å². The number of fused-ring (bicyclic) bond motifs is 2. The lowest BCUT2D eigenvalue weighted by Gasteiger charge is -2.20. The van der Waals surface area contributed by atoms with Crippen molar-refractivity contribution in [1.82, 2.24) is 5.32 Å². The maximum absolute atomic E-state index is 13.7. The van der Waals surface area contributed by atoms with Crippen LogP contribution in [0.1, 0.15) is 36.6 Å². The average molecular weight is 442 g/mol. The molecule has 2 aliphatic rings. The topological polar surface area (TPSA) is 96.9 Å². The lowest BCUT2D eigenvalue weighted by Crippen LogP contribution is -2.46. The Morgan fingerprint density at radius 3 is 2.78 bits per heavy atom. The number of ether oxygens (including phenoxy) is 2. The molecule has 8 heteroatoms. The Kier molecular flexibility index (Phi) is 6.96. The molecule has 4 rings (SSSR count). The van der Waals surface area contributed by atoms with Crippen LogP contribution in [0.25, 0.3) is 11.3 Å². The van der Waals surface area contributed by atoms with Crippen molar-refractivity contribution in [3.8, 4) is 0 Å². The summed E-state index contributed by atoms with van der Waals surface area (Å²) in [6.07, 6.45) is 0.166. The Morgan fingerprint density at radius 1 is 1.28 bits per heavy atom. The van der Waals surface area contributed by atoms with Gasteiger partial charge >= 0.3 is 5.97 Å². The van der Waals surface area contributed by atoms with Crippen molar-refractivity contribution in [1.29, 1.82) is 0 Å². The van der Waals surface area contributed by atoms with E-state index in [1.165, 1.54) is 25.3 Å². The zero-order valence-corrected chi connectivity index (χ0v) is 17.2. The fraction of sp³-hybridized carbons (Fsp3) is 0.333. The van der Waals surface area contributed by atoms with Crippen LogP contribution in [0.15, 0.2) is 36.4 Å². The van der Waals surface area contributed by atoms with E-state index < -0.39 is 23.9 Å². The van der Waals surface area contributed by atoms with Crippen molar-refractivity contribution < 1.29 is 28.6 Å². The summed E-state index contributed by atoms with van der Waals surface area (Å²) in [6, 6.07) is 9.17. The van der Waals surface area contributed by atoms with Crippen LogP contribution < -0.4 is 10.6 Å². The average Bonchev–Trinajstić information content (AvgIpc) is 3.29. The number of carboxylic acids is 1. The fourth-order valence-electron chi connectivity index (χ4n) is 3.91. The van der Waals surface area contributed by atoms with Crippen molar-refractivity contribution in [3.63, 3.8) is 0 Å². The molecule has 32 heavy (non-hydrogen) atoms. The summed E-state index contributed by atoms with van der Waals surface area (Å²) in [5.74, 6) is -1.25. The van der Waals surface area contributed by atoms with E-state index in [0.717, 1.165) is 16.7 Å². The molecule has 2 heterocycles. The molecule has 0 saturated carbocycles. The minimum absolute atomic E-state index is 0. The number of hydrogen-bond donors (Lipinski definition) is 3. The van der Waals surface area contributed by atoms with Gasteiger partial charge in [-0.3, -0.25) is 9.59 Å². The highest BCUT2D eigenvalue weighted by Gasteiger charge is 2.33. The number of carbonyl (C=O) groups is 2. The summed E-state index contributed by atoms with van der Waals surface area (Å²) < 4.78 is 24.7. The van der Waals surface area contributed by atoms with Gasteiger partial charge in [-0.2, -0.15) is 0 Å². The summed E-state index contributed by atoms with van der Waals surface area (Å²) in [6.45, 7) is 2.48. The largest absolute Gasteiger partial charge is 0.487 e. The highest BCUT2D eigenvalue weighted by Crippen LogP contribution is 2.41. The van der Waals surface area contributed by atoms with Crippen LogP contribution in [0.5, 0.6) is 0 Å². The van der Waals surface area contributed by atoms with Crippen LogP contribution in [-0.2, 0) is 32.1 Å². The molecule has 1 amide bonds. The van der Waals surface area contributed by atoms with Gasteiger partial charge in [0.1, 0.15) is 24.2 Å². The van der Waals surface area contributed by atoms with Gasteiger partial charge in [0.25, 0.3) is 5.91 Å². The standard InChI is InChI=1S/C23H23FN2O5.CH4/c1-12(30-2)20(23(28)29)25-8-7-13-3-5-16-14(9-13)11-31-21(16)19-17-10-15(24)4-6-18(17)26-22(19)27;/h3-6,9-10,12,20,25H,7-8,11H2,1-2H3,(H,26,27)(H,28,29);1H4/b21-19+;/t12-,20+;/m1./s1. The minimum Gasteiger partial charge on any atom is -0.487 e. The van der Waals surface area contributed by atoms with Gasteiger partial charge in [0.2, 0.25) is 0 Å². The molecular formula is C24H27FN2O5. The van der Waals surface area contributed by atoms with Crippen LogP contribution in [0.3, 0.4) is 0 Å². The normalized spacial score (nSPS) is 18.2. The molecule has 0 aromatic heterocycles. The molecule has 3 N–H and O–H groups in total. The first-order chi connectivity index (χ1) is 14.9. The van der Waals surface area contributed by atoms with Gasteiger partial charge in [-0.15, -0.1) is 0 Å². The van der Waals surface area contributed by atoms with E-state index in [0.29, 0.717) is 42.2 Å². The zero-order valence-electron chi connectivity index (χ0n) is 17.2. The number of carboxylic acid groups (broad SMARTS) is 1. The molecular weight excluding hydrogens is 415 g/mol. The lowest BCUT2D eigenvalue weighted by atomic mass is 9.98. The third-order valence-corrected chi connectivity index (χ3v) is 5.62. The number of rotatable bonds is 7. The summed E-state index contributed by atoms with van der Waals surface area (Å²) in [4.78, 5) is 23.9. The molecule has 2 aromatic carbocycles. The maximum Gasteiger partial charge on any atom is 0.323 e. The smallest absolute Gasteiger partial charge is 0.323 e. The number of benzene rings is 2. The van der Waals surface area contributed by atoms with Gasteiger partial charge in [0.05, 0.1) is 11.7 Å². The number of anilines is 1. The number of halogens is 1. The van der Waals surface area contributed by atoms with E-state index in [2.05, 4.69) is 10.6 Å². The predicted molar refractivity (Wildman–Crippen MR) is 119 cm³/mol. The number of carbonyl (C=O) groups excluding carboxylic acids is 1. The Labute approximate surface area is 186 Å². The molecule has 0 fully saturated rings. The molecule has 7 nitrogen and oxygen atoms in total. The molecule has 2 atom stereocenters. The number of nitrogens with one attached hydrogen (secondary N) is 2. The van der Waals surface area contributed by atoms with Crippen molar-refractivity contribution >= 4 is 28.9 Å². The van der Waals surface area contributed by atoms with E-state index in [-0.39, 0.29) is 13.3 Å². The third kappa shape index (κ3) is 4.37. The number of amides is 1. The maximum atomic E-state index is 13.7. The number of methoxy groups -OCH3 is 1. The zero-order chi connectivity index (χ0) is 22.1. The van der Waals surface area contributed by atoms with E-state index in [1.54, 1.807) is 6.92 Å². The Balaban J connectivity index is 0.00000289. The lowest BCUT2D eigenvalue weighted by molar-refractivity contribution is -0.142. The van der Waals surface area contributed by atoms with Crippen molar-refractivity contribution in [2.45, 2.75) is 39.5 Å². The summed E-state index contributed by atoms with van der Waals surface area (Å²) in [5.41, 5.74) is 4.13. The Morgan fingerprint density at radius 2 is 2.06 bits per heavy atom. The van der Waals surface area contributed by atoms with Gasteiger partial charge < -0.3 is 25.2 Å². The van der Waals surface area contributed by atoms with Gasteiger partial charge in [0.15, 0.2) is 0 Å². The Hall–Kier alpha value is -3.23. The van der Waals surface area contributed by atoms with Crippen molar-refractivity contribution in [2.75, 3.05) is 19.0 Å². The van der Waals surface area contributed by atoms with Crippen LogP contribution >= 0.6 is 0 Å². The molecule has 0 unspecified atom stereocenters. The second kappa shape index (κ2) is 9.50. The monoisotopic (exact) mass is 442 g/mol. The fourth-order valence-corrected chi connectivity index (χ4v) is 3.91. The predicted octanol–water partition coefficient (Wildman–Crippen LogP) is 3.43. The molecule has 0 aliphatic carbocycles. The van der Waals surface area contributed by atoms with E-state index in [1.807, 2.05) is 18.2 Å². The van der Waals surface area contributed by atoms with E-state index >= 15 is 0 Å². The van der Waals surface area contributed by atoms with Gasteiger partial charge in [-0.05, 0) is 37.1 Å². The van der Waals surface area contributed by atoms with Gasteiger partial charge in [0, 0.05) is 36.0 Å². The summed E-state index contributed by atoms with van der Waals surface area (Å²) >= 11 is 0. The number of aliphatic carboxylic acids is 1. The third-order valence-electron chi connectivity index (χ3n) is 5.62. The van der Waals surface area contributed by atoms with E-state index in [4.69, 9.17) is 9.47 Å². The summed E-state index contributed by atoms with van der Waals surface area (Å²) in [5, 5.41) is 15.1. The van der Waals surface area contributed by atoms with Crippen LogP contribution in [-0.4, -0.2) is 42.8 Å². The molecule has 0 radical (unpaired) electrons. The molecule has 170 valence electrons. The molecule has 0 bridgehead atoms. The van der Waals surface area contributed by atoms with Crippen LogP contribution in [0, 0.1) is 5.82 Å². The van der Waals surface area contributed by atoms with Gasteiger partial charge in [-0.1, -0.05) is 25.6 Å². The quantitative estimate of drug-likeness (QED) is 0.569. The SMILES string of the molecule is C.CO[C@H](C)[C@H](NCCc1ccc2c(c1)CO/C2=C1/C(=O)Nc2ccc(F)cc21)C(=O)O. The first kappa shape index (κ1) is 23.4. The Bertz CT molecular complexity index is 1080. The highest BCUT2D eigenvalue weighted by atomic mass is 19.1. The highest BCUT2D eigenvalue weighted by molar-refractivity contribution is 6.36. The van der Waals surface area contributed by atoms with Crippen molar-refractivity contribution in [2.24, 2.45) is 0 Å². The van der Waals surface area contributed by atoms with Crippen molar-refractivity contribution in [3.05, 3.63) is 64.5 Å². The molecule has 0 spiro atoms.